The summed E-state index contributed by atoms with van der Waals surface area (Å²) in [5.41, 5.74) is 1.02. The molecule has 0 aliphatic rings. The van der Waals surface area contributed by atoms with Gasteiger partial charge in [-0.15, -0.1) is 5.10 Å². The van der Waals surface area contributed by atoms with Crippen LogP contribution in [0.15, 0.2) is 46.1 Å². The van der Waals surface area contributed by atoms with Crippen molar-refractivity contribution in [1.29, 1.82) is 0 Å². The number of aryl methyl sites for hydroxylation is 1. The fourth-order valence-corrected chi connectivity index (χ4v) is 2.29. The largest absolute Gasteiger partial charge is 0.440 e. The van der Waals surface area contributed by atoms with Crippen molar-refractivity contribution < 1.29 is 4.42 Å². The van der Waals surface area contributed by atoms with Gasteiger partial charge in [0.15, 0.2) is 5.76 Å². The highest BCUT2D eigenvalue weighted by Crippen LogP contribution is 2.23. The molecule has 3 aromatic rings. The van der Waals surface area contributed by atoms with Crippen molar-refractivity contribution in [1.82, 2.24) is 25.2 Å². The number of hydrogen-bond donors (Lipinski definition) is 0. The van der Waals surface area contributed by atoms with Crippen molar-refractivity contribution in [3.05, 3.63) is 42.4 Å². The third-order valence-corrected chi connectivity index (χ3v) is 3.51. The molecule has 0 N–H and O–H groups in total. The highest BCUT2D eigenvalue weighted by molar-refractivity contribution is 7.98. The summed E-state index contributed by atoms with van der Waals surface area (Å²) in [5, 5.41) is 12.0. The normalized spacial score (nSPS) is 10.8. The molecule has 7 heteroatoms. The molecule has 0 atom stereocenters. The molecule has 1 aromatic carbocycles. The van der Waals surface area contributed by atoms with Crippen molar-refractivity contribution in [3.8, 4) is 11.3 Å². The smallest absolute Gasteiger partial charge is 0.209 e. The van der Waals surface area contributed by atoms with Crippen LogP contribution in [0.25, 0.3) is 11.3 Å². The number of tetrazole rings is 1. The number of thioether (sulfide) groups is 1. The molecule has 0 aliphatic heterocycles. The second-order valence-electron chi connectivity index (χ2n) is 3.86. The minimum absolute atomic E-state index is 0.598. The molecule has 0 unspecified atom stereocenters. The Morgan fingerprint density at radius 2 is 2.11 bits per heavy atom. The molecular weight excluding hydrogens is 262 g/mol. The SMILES string of the molecule is Cn1nnnc1SCc1ncc(-c2ccccc2)o1. The molecule has 0 fully saturated rings. The predicted molar refractivity (Wildman–Crippen MR) is 70.3 cm³/mol. The first-order valence-corrected chi connectivity index (χ1v) is 6.67. The number of hydrogen-bond acceptors (Lipinski definition) is 6. The van der Waals surface area contributed by atoms with Gasteiger partial charge in [0, 0.05) is 12.6 Å². The minimum atomic E-state index is 0.598. The van der Waals surface area contributed by atoms with E-state index in [4.69, 9.17) is 4.42 Å². The van der Waals surface area contributed by atoms with Gasteiger partial charge in [-0.25, -0.2) is 9.67 Å². The quantitative estimate of drug-likeness (QED) is 0.678. The van der Waals surface area contributed by atoms with E-state index >= 15 is 0 Å². The van der Waals surface area contributed by atoms with Gasteiger partial charge in [-0.1, -0.05) is 42.1 Å². The van der Waals surface area contributed by atoms with Crippen LogP contribution >= 0.6 is 11.8 Å². The zero-order valence-corrected chi connectivity index (χ0v) is 11.0. The van der Waals surface area contributed by atoms with Gasteiger partial charge < -0.3 is 4.42 Å². The molecule has 0 saturated heterocycles. The van der Waals surface area contributed by atoms with Crippen molar-refractivity contribution in [2.45, 2.75) is 10.9 Å². The van der Waals surface area contributed by atoms with Gasteiger partial charge in [-0.2, -0.15) is 0 Å². The molecule has 96 valence electrons. The lowest BCUT2D eigenvalue weighted by Gasteiger charge is -1.96. The summed E-state index contributed by atoms with van der Waals surface area (Å²) in [7, 11) is 1.80. The first-order valence-electron chi connectivity index (χ1n) is 5.68. The van der Waals surface area contributed by atoms with Crippen LogP contribution in [-0.4, -0.2) is 25.2 Å². The monoisotopic (exact) mass is 273 g/mol. The van der Waals surface area contributed by atoms with Gasteiger partial charge >= 0.3 is 0 Å². The van der Waals surface area contributed by atoms with E-state index < -0.39 is 0 Å². The third-order valence-electron chi connectivity index (χ3n) is 2.52. The van der Waals surface area contributed by atoms with E-state index in [-0.39, 0.29) is 0 Å². The molecule has 19 heavy (non-hydrogen) atoms. The Morgan fingerprint density at radius 1 is 1.26 bits per heavy atom. The van der Waals surface area contributed by atoms with E-state index in [1.54, 1.807) is 17.9 Å². The fourth-order valence-electron chi connectivity index (χ4n) is 1.58. The molecule has 2 heterocycles. The Kier molecular flexibility index (Phi) is 3.28. The van der Waals surface area contributed by atoms with E-state index in [0.29, 0.717) is 11.6 Å². The summed E-state index contributed by atoms with van der Waals surface area (Å²) in [4.78, 5) is 4.26. The van der Waals surface area contributed by atoms with Gasteiger partial charge in [-0.3, -0.25) is 0 Å². The summed E-state index contributed by atoms with van der Waals surface area (Å²) in [6.07, 6.45) is 1.74. The average Bonchev–Trinajstić information content (AvgIpc) is 3.06. The van der Waals surface area contributed by atoms with E-state index in [1.807, 2.05) is 30.3 Å². The zero-order chi connectivity index (χ0) is 13.1. The standard InChI is InChI=1S/C12H11N5OS/c1-17-12(14-15-16-17)19-8-11-13-7-10(18-11)9-5-3-2-4-6-9/h2-7H,8H2,1H3. The second kappa shape index (κ2) is 5.23. The van der Waals surface area contributed by atoms with Crippen LogP contribution in [0, 0.1) is 0 Å². The maximum Gasteiger partial charge on any atom is 0.209 e. The molecule has 3 rings (SSSR count). The van der Waals surface area contributed by atoms with Crippen LogP contribution in [0.4, 0.5) is 0 Å². The number of aromatic nitrogens is 5. The van der Waals surface area contributed by atoms with Crippen LogP contribution in [-0.2, 0) is 12.8 Å². The van der Waals surface area contributed by atoms with Gasteiger partial charge in [0.05, 0.1) is 11.9 Å². The lowest BCUT2D eigenvalue weighted by atomic mass is 10.2. The lowest BCUT2D eigenvalue weighted by molar-refractivity contribution is 0.529. The molecule has 0 radical (unpaired) electrons. The van der Waals surface area contributed by atoms with E-state index in [9.17, 15) is 0 Å². The molecule has 0 aliphatic carbocycles. The number of rotatable bonds is 4. The Morgan fingerprint density at radius 3 is 2.84 bits per heavy atom. The first-order chi connectivity index (χ1) is 9.33. The molecule has 2 aromatic heterocycles. The summed E-state index contributed by atoms with van der Waals surface area (Å²) in [6.45, 7) is 0. The van der Waals surface area contributed by atoms with Crippen molar-refractivity contribution in [2.24, 2.45) is 7.05 Å². The summed E-state index contributed by atoms with van der Waals surface area (Å²) in [5.74, 6) is 2.03. The molecular formula is C12H11N5OS. The topological polar surface area (TPSA) is 69.6 Å². The molecule has 6 nitrogen and oxygen atoms in total. The van der Waals surface area contributed by atoms with Gasteiger partial charge in [0.25, 0.3) is 0 Å². The fraction of sp³-hybridized carbons (Fsp3) is 0.167. The summed E-state index contributed by atoms with van der Waals surface area (Å²) >= 11 is 1.49. The van der Waals surface area contributed by atoms with E-state index in [2.05, 4.69) is 20.5 Å². The van der Waals surface area contributed by atoms with Crippen LogP contribution < -0.4 is 0 Å². The van der Waals surface area contributed by atoms with E-state index in [1.165, 1.54) is 11.8 Å². The van der Waals surface area contributed by atoms with Gasteiger partial charge in [-0.05, 0) is 10.4 Å². The highest BCUT2D eigenvalue weighted by atomic mass is 32.2. The van der Waals surface area contributed by atoms with Crippen molar-refractivity contribution in [3.63, 3.8) is 0 Å². The average molecular weight is 273 g/mol. The summed E-state index contributed by atoms with van der Waals surface area (Å²) in [6, 6.07) is 9.89. The maximum absolute atomic E-state index is 5.70. The first kappa shape index (κ1) is 11.9. The van der Waals surface area contributed by atoms with Crippen LogP contribution in [0.2, 0.25) is 0 Å². The van der Waals surface area contributed by atoms with Crippen LogP contribution in [0.1, 0.15) is 5.89 Å². The highest BCUT2D eigenvalue weighted by Gasteiger charge is 2.09. The molecule has 0 amide bonds. The van der Waals surface area contributed by atoms with Gasteiger partial charge in [0.1, 0.15) is 0 Å². The Labute approximate surface area is 113 Å². The Hall–Kier alpha value is -2.15. The molecule has 0 saturated carbocycles. The maximum atomic E-state index is 5.70. The van der Waals surface area contributed by atoms with E-state index in [0.717, 1.165) is 16.5 Å². The van der Waals surface area contributed by atoms with Gasteiger partial charge in [0.2, 0.25) is 11.0 Å². The third kappa shape index (κ3) is 2.65. The zero-order valence-electron chi connectivity index (χ0n) is 10.2. The Bertz CT molecular complexity index is 664. The minimum Gasteiger partial charge on any atom is -0.440 e. The molecule has 0 spiro atoms. The molecule has 0 bridgehead atoms. The van der Waals surface area contributed by atoms with Crippen LogP contribution in [0.3, 0.4) is 0 Å². The number of benzene rings is 1. The summed E-state index contributed by atoms with van der Waals surface area (Å²) < 4.78 is 7.31. The Balaban J connectivity index is 1.70. The second-order valence-corrected chi connectivity index (χ2v) is 4.80. The predicted octanol–water partition coefficient (Wildman–Crippen LogP) is 2.16. The van der Waals surface area contributed by atoms with Crippen LogP contribution in [0.5, 0.6) is 0 Å². The number of oxazole rings is 1. The number of nitrogens with zero attached hydrogens (tertiary/aromatic N) is 5. The van der Waals surface area contributed by atoms with Crippen molar-refractivity contribution >= 4 is 11.8 Å². The van der Waals surface area contributed by atoms with Crippen molar-refractivity contribution in [2.75, 3.05) is 0 Å². The lowest BCUT2D eigenvalue weighted by Crippen LogP contribution is -1.93.